The van der Waals surface area contributed by atoms with E-state index in [1.54, 1.807) is 0 Å². The highest BCUT2D eigenvalue weighted by atomic mass is 16.7. The van der Waals surface area contributed by atoms with Crippen LogP contribution in [0.5, 0.6) is 0 Å². The summed E-state index contributed by atoms with van der Waals surface area (Å²) in [4.78, 5) is 41.4. The molecule has 0 unspecified atom stereocenters. The van der Waals surface area contributed by atoms with Gasteiger partial charge in [0.2, 0.25) is 0 Å². The van der Waals surface area contributed by atoms with Gasteiger partial charge in [-0.05, 0) is 13.8 Å². The zero-order chi connectivity index (χ0) is 16.1. The monoisotopic (exact) mass is 288 g/mol. The molecule has 1 aliphatic heterocycles. The maximum Gasteiger partial charge on any atom is 0.343 e. The van der Waals surface area contributed by atoms with Crippen LogP contribution in [-0.4, -0.2) is 39.9 Å². The van der Waals surface area contributed by atoms with Gasteiger partial charge in [-0.1, -0.05) is 5.57 Å². The van der Waals surface area contributed by atoms with Crippen LogP contribution >= 0.6 is 0 Å². The summed E-state index contributed by atoms with van der Waals surface area (Å²) in [6, 6.07) is 0. The molecule has 1 saturated heterocycles. The van der Waals surface area contributed by atoms with Crippen LogP contribution in [0.3, 0.4) is 0 Å². The van der Waals surface area contributed by atoms with Gasteiger partial charge in [0.05, 0.1) is 0 Å². The first-order valence-corrected chi connectivity index (χ1v) is 5.54. The first-order chi connectivity index (χ1) is 8.96. The molecule has 0 aromatic carbocycles. The molecule has 20 heavy (non-hydrogen) atoms. The second-order valence-corrected chi connectivity index (χ2v) is 4.51. The molecular weight excluding hydrogens is 272 g/mol. The summed E-state index contributed by atoms with van der Waals surface area (Å²) in [5.41, 5.74) is -0.264. The average Bonchev–Trinajstić information content (AvgIpc) is 2.10. The maximum absolute atomic E-state index is 10.6. The van der Waals surface area contributed by atoms with E-state index in [4.69, 9.17) is 10.2 Å². The van der Waals surface area contributed by atoms with Gasteiger partial charge < -0.3 is 19.7 Å². The lowest BCUT2D eigenvalue weighted by Gasteiger charge is -2.28. The van der Waals surface area contributed by atoms with Crippen molar-refractivity contribution >= 4 is 23.9 Å². The third-order valence-electron chi connectivity index (χ3n) is 1.94. The molecule has 1 fully saturated rings. The van der Waals surface area contributed by atoms with Crippen LogP contribution < -0.4 is 0 Å². The van der Waals surface area contributed by atoms with Gasteiger partial charge in [-0.15, -0.1) is 0 Å². The van der Waals surface area contributed by atoms with Gasteiger partial charge in [0.25, 0.3) is 5.79 Å². The second kappa shape index (κ2) is 6.69. The second-order valence-electron chi connectivity index (χ2n) is 4.51. The fourth-order valence-electron chi connectivity index (χ4n) is 1.28. The van der Waals surface area contributed by atoms with Crippen molar-refractivity contribution in [2.75, 3.05) is 0 Å². The number of carbonyl (C=O) groups is 4. The molecule has 0 saturated carbocycles. The minimum atomic E-state index is -1.40. The molecule has 0 aromatic heterocycles. The van der Waals surface area contributed by atoms with Crippen LogP contribution in [0.25, 0.3) is 0 Å². The number of carbonyl (C=O) groups excluding carboxylic acids is 2. The van der Waals surface area contributed by atoms with Crippen LogP contribution in [-0.2, 0) is 28.7 Å². The molecule has 0 aliphatic carbocycles. The minimum absolute atomic E-state index is 0.274. The van der Waals surface area contributed by atoms with Crippen LogP contribution in [0, 0.1) is 0 Å². The van der Waals surface area contributed by atoms with Crippen molar-refractivity contribution in [3.05, 3.63) is 11.1 Å². The SMILES string of the molecule is CC(C)=C(C(=O)O)C(=O)O.CC1(C)OC(=O)CC(=O)O1. The molecule has 0 atom stereocenters. The van der Waals surface area contributed by atoms with Crippen molar-refractivity contribution < 1.29 is 38.9 Å². The lowest BCUT2D eigenvalue weighted by atomic mass is 10.1. The summed E-state index contributed by atoms with van der Waals surface area (Å²) in [6.45, 7) is 5.92. The van der Waals surface area contributed by atoms with Crippen molar-refractivity contribution in [2.24, 2.45) is 0 Å². The number of carboxylic acid groups (broad SMARTS) is 2. The quantitative estimate of drug-likeness (QED) is 0.329. The Hall–Kier alpha value is -2.38. The van der Waals surface area contributed by atoms with E-state index < -0.39 is 35.2 Å². The number of hydrogen-bond acceptors (Lipinski definition) is 6. The van der Waals surface area contributed by atoms with Crippen molar-refractivity contribution in [1.82, 2.24) is 0 Å². The van der Waals surface area contributed by atoms with E-state index in [9.17, 15) is 19.2 Å². The highest BCUT2D eigenvalue weighted by molar-refractivity contribution is 6.13. The predicted molar refractivity (Wildman–Crippen MR) is 64.5 cm³/mol. The fraction of sp³-hybridized carbons (Fsp3) is 0.500. The molecule has 0 amide bonds. The molecule has 1 aliphatic rings. The van der Waals surface area contributed by atoms with Crippen LogP contribution in [0.15, 0.2) is 11.1 Å². The first-order valence-electron chi connectivity index (χ1n) is 5.54. The smallest absolute Gasteiger partial charge is 0.343 e. The molecule has 1 heterocycles. The summed E-state index contributed by atoms with van der Waals surface area (Å²) in [6.07, 6.45) is -0.274. The molecule has 1 rings (SSSR count). The Morgan fingerprint density at radius 3 is 1.50 bits per heavy atom. The van der Waals surface area contributed by atoms with Gasteiger partial charge in [-0.2, -0.15) is 0 Å². The van der Waals surface area contributed by atoms with E-state index in [0.717, 1.165) is 0 Å². The minimum Gasteiger partial charge on any atom is -0.477 e. The molecule has 0 radical (unpaired) electrons. The number of cyclic esters (lactones) is 2. The number of esters is 2. The Bertz CT molecular complexity index is 434. The van der Waals surface area contributed by atoms with Crippen molar-refractivity contribution in [1.29, 1.82) is 0 Å². The predicted octanol–water partition coefficient (Wildman–Crippen LogP) is 0.705. The fourth-order valence-corrected chi connectivity index (χ4v) is 1.28. The van der Waals surface area contributed by atoms with Crippen molar-refractivity contribution in [2.45, 2.75) is 39.9 Å². The highest BCUT2D eigenvalue weighted by Crippen LogP contribution is 2.18. The zero-order valence-corrected chi connectivity index (χ0v) is 11.6. The summed E-state index contributed by atoms with van der Waals surface area (Å²) in [5.74, 6) is -4.92. The van der Waals surface area contributed by atoms with E-state index in [0.29, 0.717) is 5.57 Å². The van der Waals surface area contributed by atoms with Crippen molar-refractivity contribution in [3.63, 3.8) is 0 Å². The Kier molecular flexibility index (Phi) is 5.89. The number of carboxylic acids is 2. The van der Waals surface area contributed by atoms with Crippen molar-refractivity contribution in [3.8, 4) is 0 Å². The molecular formula is C12H16O8. The van der Waals surface area contributed by atoms with Gasteiger partial charge in [0, 0.05) is 13.8 Å². The Morgan fingerprint density at radius 1 is 1.00 bits per heavy atom. The van der Waals surface area contributed by atoms with E-state index in [1.807, 2.05) is 0 Å². The number of rotatable bonds is 2. The third-order valence-corrected chi connectivity index (χ3v) is 1.94. The van der Waals surface area contributed by atoms with Crippen LogP contribution in [0.1, 0.15) is 34.1 Å². The van der Waals surface area contributed by atoms with Gasteiger partial charge in [-0.25, -0.2) is 9.59 Å². The van der Waals surface area contributed by atoms with Gasteiger partial charge in [0.1, 0.15) is 12.0 Å². The lowest BCUT2D eigenvalue weighted by molar-refractivity contribution is -0.231. The number of allylic oxidation sites excluding steroid dienone is 1. The van der Waals surface area contributed by atoms with Crippen LogP contribution in [0.2, 0.25) is 0 Å². The highest BCUT2D eigenvalue weighted by Gasteiger charge is 2.34. The molecule has 0 bridgehead atoms. The standard InChI is InChI=1S/2C6H8O4/c1-6(2)9-4(7)3-5(8)10-6;1-3(2)4(5(7)8)6(9)10/h3H2,1-2H3;1-2H3,(H,7,8)(H,9,10). The third kappa shape index (κ3) is 5.98. The molecule has 112 valence electrons. The summed E-state index contributed by atoms with van der Waals surface area (Å²) in [5, 5.41) is 16.6. The summed E-state index contributed by atoms with van der Waals surface area (Å²) < 4.78 is 9.32. The number of hydrogen-bond donors (Lipinski definition) is 2. The van der Waals surface area contributed by atoms with E-state index in [2.05, 4.69) is 9.47 Å². The number of aliphatic carboxylic acids is 2. The normalized spacial score (nSPS) is 16.0. The Morgan fingerprint density at radius 2 is 1.35 bits per heavy atom. The maximum atomic E-state index is 10.6. The van der Waals surface area contributed by atoms with Crippen LogP contribution in [0.4, 0.5) is 0 Å². The lowest BCUT2D eigenvalue weighted by Crippen LogP contribution is -2.39. The molecule has 2 N–H and O–H groups in total. The Balaban J connectivity index is 0.000000361. The first kappa shape index (κ1) is 17.6. The largest absolute Gasteiger partial charge is 0.477 e. The number of ether oxygens (including phenoxy) is 2. The van der Waals surface area contributed by atoms with Gasteiger partial charge >= 0.3 is 23.9 Å². The van der Waals surface area contributed by atoms with E-state index in [1.165, 1.54) is 27.7 Å². The molecule has 0 spiro atoms. The van der Waals surface area contributed by atoms with E-state index in [-0.39, 0.29) is 6.42 Å². The molecule has 8 heteroatoms. The zero-order valence-electron chi connectivity index (χ0n) is 11.6. The molecule has 8 nitrogen and oxygen atoms in total. The molecule has 0 aromatic rings. The van der Waals surface area contributed by atoms with E-state index >= 15 is 0 Å². The Labute approximate surface area is 115 Å². The topological polar surface area (TPSA) is 127 Å². The summed E-state index contributed by atoms with van der Waals surface area (Å²) in [7, 11) is 0. The van der Waals surface area contributed by atoms with Gasteiger partial charge in [-0.3, -0.25) is 9.59 Å². The van der Waals surface area contributed by atoms with Gasteiger partial charge in [0.15, 0.2) is 0 Å². The average molecular weight is 288 g/mol. The summed E-state index contributed by atoms with van der Waals surface area (Å²) >= 11 is 0.